The first-order chi connectivity index (χ1) is 14.7. The Morgan fingerprint density at radius 1 is 1.33 bits per heavy atom. The molecular weight excluding hydrogens is 378 g/mol. The zero-order valence-corrected chi connectivity index (χ0v) is 16.8. The van der Waals surface area contributed by atoms with Crippen LogP contribution in [0.5, 0.6) is 0 Å². The molecule has 0 bridgehead atoms. The highest BCUT2D eigenvalue weighted by molar-refractivity contribution is 6.05. The number of hydrogen-bond acceptors (Lipinski definition) is 4. The number of carbonyl (C=O) groups is 1. The van der Waals surface area contributed by atoms with Gasteiger partial charge >= 0.3 is 0 Å². The number of anilines is 1. The van der Waals surface area contributed by atoms with E-state index in [1.807, 2.05) is 42.6 Å². The number of fused-ring (bicyclic) bond motifs is 1. The molecular formula is C23H24N5O2+. The SMILES string of the molecule is C=CC=C(C=C[NH2+]OC)C(=O)Nc1cc(-c2ccccc2)nc2c(C3CC3)cnn12. The van der Waals surface area contributed by atoms with Crippen molar-refractivity contribution in [1.29, 1.82) is 0 Å². The van der Waals surface area contributed by atoms with Crippen molar-refractivity contribution in [2.45, 2.75) is 18.8 Å². The highest BCUT2D eigenvalue weighted by Crippen LogP contribution is 2.42. The van der Waals surface area contributed by atoms with Crippen LogP contribution in [0.3, 0.4) is 0 Å². The fourth-order valence-electron chi connectivity index (χ4n) is 3.25. The van der Waals surface area contributed by atoms with E-state index < -0.39 is 0 Å². The van der Waals surface area contributed by atoms with Crippen molar-refractivity contribution in [3.63, 3.8) is 0 Å². The van der Waals surface area contributed by atoms with Crippen molar-refractivity contribution in [1.82, 2.24) is 14.6 Å². The predicted molar refractivity (Wildman–Crippen MR) is 115 cm³/mol. The molecule has 0 saturated heterocycles. The molecule has 2 heterocycles. The van der Waals surface area contributed by atoms with Crippen molar-refractivity contribution >= 4 is 17.4 Å². The molecule has 4 rings (SSSR count). The summed E-state index contributed by atoms with van der Waals surface area (Å²) in [5, 5.41) is 7.48. The number of rotatable bonds is 8. The molecule has 7 nitrogen and oxygen atoms in total. The van der Waals surface area contributed by atoms with E-state index in [1.54, 1.807) is 36.1 Å². The first kappa shape index (κ1) is 19.8. The Balaban J connectivity index is 1.74. The number of aromatic nitrogens is 3. The van der Waals surface area contributed by atoms with Crippen LogP contribution in [-0.4, -0.2) is 27.6 Å². The molecule has 30 heavy (non-hydrogen) atoms. The average Bonchev–Trinajstić information content (AvgIpc) is 3.52. The largest absolute Gasteiger partial charge is 0.306 e. The van der Waals surface area contributed by atoms with Gasteiger partial charge in [-0.15, -0.1) is 0 Å². The second kappa shape index (κ2) is 8.86. The molecule has 1 saturated carbocycles. The van der Waals surface area contributed by atoms with Crippen LogP contribution >= 0.6 is 0 Å². The van der Waals surface area contributed by atoms with E-state index in [0.29, 0.717) is 17.3 Å². The van der Waals surface area contributed by atoms with Crippen LogP contribution in [-0.2, 0) is 9.63 Å². The van der Waals surface area contributed by atoms with Crippen molar-refractivity contribution in [3.8, 4) is 11.3 Å². The summed E-state index contributed by atoms with van der Waals surface area (Å²) in [5.41, 5.74) is 5.62. The molecule has 7 heteroatoms. The molecule has 152 valence electrons. The Kier molecular flexibility index (Phi) is 5.83. The van der Waals surface area contributed by atoms with Gasteiger partial charge in [0.15, 0.2) is 5.65 Å². The average molecular weight is 402 g/mol. The first-order valence-electron chi connectivity index (χ1n) is 9.82. The standard InChI is InChI=1S/C23H23N5O2/c1-3-7-18(12-13-25-30-2)23(29)27-21-14-20(17-8-5-4-6-9-17)26-22-19(16-10-11-16)15-24-28(21)22/h3-9,12-16,25H,1,10-11H2,2H3,(H,27,29)/p+1. The number of hydroxylamine groups is 1. The number of allylic oxidation sites excluding steroid dienone is 2. The summed E-state index contributed by atoms with van der Waals surface area (Å²) in [4.78, 5) is 22.7. The van der Waals surface area contributed by atoms with Crippen LogP contribution in [0.2, 0.25) is 0 Å². The number of quaternary nitrogens is 1. The zero-order valence-electron chi connectivity index (χ0n) is 16.8. The number of hydrogen-bond donors (Lipinski definition) is 2. The Morgan fingerprint density at radius 2 is 2.13 bits per heavy atom. The molecule has 0 atom stereocenters. The minimum absolute atomic E-state index is 0.273. The second-order valence-corrected chi connectivity index (χ2v) is 7.04. The van der Waals surface area contributed by atoms with Gasteiger partial charge in [-0.25, -0.2) is 9.82 Å². The van der Waals surface area contributed by atoms with Gasteiger partial charge in [0.25, 0.3) is 5.91 Å². The maximum Gasteiger partial charge on any atom is 0.257 e. The topological polar surface area (TPSA) is 85.1 Å². The Hall–Kier alpha value is -3.55. The van der Waals surface area contributed by atoms with Crippen molar-refractivity contribution in [2.24, 2.45) is 0 Å². The van der Waals surface area contributed by atoms with E-state index in [1.165, 1.54) is 5.48 Å². The lowest BCUT2D eigenvalue weighted by Crippen LogP contribution is -2.75. The van der Waals surface area contributed by atoms with E-state index >= 15 is 0 Å². The van der Waals surface area contributed by atoms with Crippen LogP contribution < -0.4 is 10.8 Å². The molecule has 0 radical (unpaired) electrons. The van der Waals surface area contributed by atoms with E-state index in [2.05, 4.69) is 17.0 Å². The number of nitrogens with one attached hydrogen (secondary N) is 1. The van der Waals surface area contributed by atoms with E-state index in [4.69, 9.17) is 9.82 Å². The fraction of sp³-hybridized carbons (Fsp3) is 0.174. The number of nitrogens with zero attached hydrogens (tertiary/aromatic N) is 3. The summed E-state index contributed by atoms with van der Waals surface area (Å²) in [6.45, 7) is 3.69. The number of benzene rings is 1. The summed E-state index contributed by atoms with van der Waals surface area (Å²) in [6.07, 6.45) is 10.7. The Labute approximate surface area is 174 Å². The molecule has 1 aromatic carbocycles. The van der Waals surface area contributed by atoms with Gasteiger partial charge in [0.1, 0.15) is 12.0 Å². The van der Waals surface area contributed by atoms with E-state index in [9.17, 15) is 4.79 Å². The third-order valence-electron chi connectivity index (χ3n) is 4.88. The minimum atomic E-state index is -0.273. The van der Waals surface area contributed by atoms with E-state index in [-0.39, 0.29) is 5.91 Å². The van der Waals surface area contributed by atoms with Gasteiger partial charge in [0.2, 0.25) is 0 Å². The molecule has 1 aliphatic rings. The predicted octanol–water partition coefficient (Wildman–Crippen LogP) is 2.96. The summed E-state index contributed by atoms with van der Waals surface area (Å²) in [7, 11) is 1.55. The number of nitrogens with two attached hydrogens (primary N) is 1. The molecule has 3 N–H and O–H groups in total. The molecule has 0 unspecified atom stereocenters. The monoisotopic (exact) mass is 402 g/mol. The number of amides is 1. The maximum absolute atomic E-state index is 12.9. The Bertz CT molecular complexity index is 1130. The molecule has 0 aliphatic heterocycles. The van der Waals surface area contributed by atoms with Gasteiger partial charge in [-0.3, -0.25) is 4.79 Å². The van der Waals surface area contributed by atoms with Gasteiger partial charge in [0, 0.05) is 28.8 Å². The summed E-state index contributed by atoms with van der Waals surface area (Å²) < 4.78 is 1.70. The van der Waals surface area contributed by atoms with Gasteiger partial charge in [-0.2, -0.15) is 15.1 Å². The highest BCUT2D eigenvalue weighted by atomic mass is 16.6. The summed E-state index contributed by atoms with van der Waals surface area (Å²) in [6, 6.07) is 11.8. The van der Waals surface area contributed by atoms with Crippen LogP contribution in [0, 0.1) is 0 Å². The van der Waals surface area contributed by atoms with Gasteiger partial charge < -0.3 is 5.32 Å². The van der Waals surface area contributed by atoms with Crippen LogP contribution in [0.1, 0.15) is 24.3 Å². The molecule has 2 aromatic heterocycles. The van der Waals surface area contributed by atoms with Crippen LogP contribution in [0.25, 0.3) is 16.9 Å². The summed E-state index contributed by atoms with van der Waals surface area (Å²) >= 11 is 0. The fourth-order valence-corrected chi connectivity index (χ4v) is 3.25. The zero-order chi connectivity index (χ0) is 20.9. The van der Waals surface area contributed by atoms with E-state index in [0.717, 1.165) is 35.3 Å². The first-order valence-corrected chi connectivity index (χ1v) is 9.82. The lowest BCUT2D eigenvalue weighted by Gasteiger charge is -2.11. The lowest BCUT2D eigenvalue weighted by atomic mass is 10.1. The maximum atomic E-state index is 12.9. The number of carbonyl (C=O) groups excluding carboxylic acids is 1. The molecule has 1 fully saturated rings. The van der Waals surface area contributed by atoms with Gasteiger partial charge in [-0.1, -0.05) is 43.0 Å². The van der Waals surface area contributed by atoms with Gasteiger partial charge in [-0.05, 0) is 24.8 Å². The van der Waals surface area contributed by atoms with Crippen molar-refractivity contribution in [3.05, 3.63) is 84.7 Å². The minimum Gasteiger partial charge on any atom is -0.306 e. The van der Waals surface area contributed by atoms with Crippen molar-refractivity contribution in [2.75, 3.05) is 12.4 Å². The third-order valence-corrected chi connectivity index (χ3v) is 4.88. The highest BCUT2D eigenvalue weighted by Gasteiger charge is 2.28. The van der Waals surface area contributed by atoms with Crippen LogP contribution in [0.4, 0.5) is 5.82 Å². The van der Waals surface area contributed by atoms with Gasteiger partial charge in [0.05, 0.1) is 19.0 Å². The normalized spacial score (nSPS) is 14.4. The molecule has 3 aromatic rings. The quantitative estimate of drug-likeness (QED) is 0.345. The molecule has 1 aliphatic carbocycles. The second-order valence-electron chi connectivity index (χ2n) is 7.04. The van der Waals surface area contributed by atoms with Crippen LogP contribution in [0.15, 0.2) is 79.2 Å². The van der Waals surface area contributed by atoms with Crippen molar-refractivity contribution < 1.29 is 15.1 Å². The smallest absolute Gasteiger partial charge is 0.257 e. The molecule has 0 spiro atoms. The Morgan fingerprint density at radius 3 is 2.83 bits per heavy atom. The molecule has 1 amide bonds. The lowest BCUT2D eigenvalue weighted by molar-refractivity contribution is -0.842. The summed E-state index contributed by atoms with van der Waals surface area (Å²) in [5.74, 6) is 0.786. The third kappa shape index (κ3) is 4.22.